The number of nitrogens with zero attached hydrogens (tertiary/aromatic N) is 2. The van der Waals surface area contributed by atoms with Gasteiger partial charge in [0.15, 0.2) is 5.96 Å². The van der Waals surface area contributed by atoms with Crippen LogP contribution in [-0.4, -0.2) is 23.4 Å². The first kappa shape index (κ1) is 25.2. The molecule has 1 fully saturated rings. The lowest BCUT2D eigenvalue weighted by Gasteiger charge is -2.24. The number of nitrogens with one attached hydrogen (secondary N) is 3. The summed E-state index contributed by atoms with van der Waals surface area (Å²) in [7, 11) is 0. The molecule has 0 radical (unpaired) electrons. The van der Waals surface area contributed by atoms with Crippen LogP contribution in [0.1, 0.15) is 64.2 Å². The van der Waals surface area contributed by atoms with Gasteiger partial charge in [0.25, 0.3) is 0 Å². The van der Waals surface area contributed by atoms with Gasteiger partial charge in [0, 0.05) is 23.6 Å². The summed E-state index contributed by atoms with van der Waals surface area (Å²) in [6, 6.07) is 7.86. The highest BCUT2D eigenvalue weighted by Gasteiger charge is 2.25. The molecule has 0 bridgehead atoms. The van der Waals surface area contributed by atoms with Crippen LogP contribution in [0.3, 0.4) is 0 Å². The van der Waals surface area contributed by atoms with Crippen LogP contribution in [0.5, 0.6) is 0 Å². The molecule has 0 unspecified atom stereocenters. The number of carbonyl (C=O) groups is 1. The second-order valence-corrected chi connectivity index (χ2v) is 8.73. The van der Waals surface area contributed by atoms with Crippen LogP contribution in [0, 0.1) is 5.92 Å². The van der Waals surface area contributed by atoms with E-state index in [9.17, 15) is 4.79 Å². The van der Waals surface area contributed by atoms with Crippen molar-refractivity contribution in [1.29, 1.82) is 0 Å². The molecule has 3 N–H and O–H groups in total. The summed E-state index contributed by atoms with van der Waals surface area (Å²) in [6.45, 7) is 10.0. The smallest absolute Gasteiger partial charge is 0.227 e. The number of carbonyl (C=O) groups excluding carboxylic acids is 1. The van der Waals surface area contributed by atoms with Gasteiger partial charge in [-0.25, -0.2) is 9.98 Å². The van der Waals surface area contributed by atoms with Crippen molar-refractivity contribution in [3.63, 3.8) is 0 Å². The van der Waals surface area contributed by atoms with Crippen molar-refractivity contribution in [2.45, 2.75) is 65.5 Å². The van der Waals surface area contributed by atoms with Gasteiger partial charge in [0.2, 0.25) is 11.8 Å². The molecule has 1 heterocycles. The number of oxazole rings is 1. The third-order valence-electron chi connectivity index (χ3n) is 5.13. The maximum atomic E-state index is 12.2. The molecule has 1 amide bonds. The zero-order chi connectivity index (χ0) is 21.6. The van der Waals surface area contributed by atoms with Crippen molar-refractivity contribution in [3.05, 3.63) is 47.7 Å². The SMILES string of the molecule is CCNC(=NCc1cccc(NC(=O)C2CCC2)c1)NCc1ncc(C(C)(C)C)o1.I. The summed E-state index contributed by atoms with van der Waals surface area (Å²) in [5.74, 6) is 2.48. The molecule has 0 atom stereocenters. The minimum absolute atomic E-state index is 0. The maximum absolute atomic E-state index is 12.2. The number of guanidine groups is 1. The first-order chi connectivity index (χ1) is 14.3. The molecule has 31 heavy (non-hydrogen) atoms. The topological polar surface area (TPSA) is 91.5 Å². The van der Waals surface area contributed by atoms with Crippen molar-refractivity contribution in [2.24, 2.45) is 10.9 Å². The fraction of sp³-hybridized carbons (Fsp3) is 0.522. The van der Waals surface area contributed by atoms with Crippen molar-refractivity contribution >= 4 is 41.5 Å². The number of anilines is 1. The summed E-state index contributed by atoms with van der Waals surface area (Å²) in [6.07, 6.45) is 4.92. The number of rotatable bonds is 7. The maximum Gasteiger partial charge on any atom is 0.227 e. The van der Waals surface area contributed by atoms with E-state index in [2.05, 4.69) is 46.7 Å². The van der Waals surface area contributed by atoms with E-state index in [1.807, 2.05) is 31.2 Å². The molecule has 1 aliphatic carbocycles. The third kappa shape index (κ3) is 7.52. The molecule has 170 valence electrons. The second kappa shape index (κ2) is 11.5. The molecule has 2 aromatic rings. The van der Waals surface area contributed by atoms with E-state index in [0.29, 0.717) is 24.9 Å². The van der Waals surface area contributed by atoms with Gasteiger partial charge in [0.1, 0.15) is 5.76 Å². The zero-order valence-corrected chi connectivity index (χ0v) is 21.2. The molecular formula is C23H34IN5O2. The van der Waals surface area contributed by atoms with Crippen LogP contribution in [0.2, 0.25) is 0 Å². The molecule has 0 aliphatic heterocycles. The van der Waals surface area contributed by atoms with E-state index in [1.165, 1.54) is 0 Å². The van der Waals surface area contributed by atoms with E-state index in [1.54, 1.807) is 6.20 Å². The number of hydrogen-bond acceptors (Lipinski definition) is 4. The van der Waals surface area contributed by atoms with Crippen LogP contribution in [0.15, 0.2) is 39.9 Å². The molecule has 1 saturated carbocycles. The fourth-order valence-corrected chi connectivity index (χ4v) is 3.07. The predicted molar refractivity (Wildman–Crippen MR) is 135 cm³/mol. The van der Waals surface area contributed by atoms with E-state index >= 15 is 0 Å². The average Bonchev–Trinajstić information content (AvgIpc) is 3.12. The highest BCUT2D eigenvalue weighted by Crippen LogP contribution is 2.27. The largest absolute Gasteiger partial charge is 0.443 e. The molecule has 1 aromatic carbocycles. The Hall–Kier alpha value is -2.10. The monoisotopic (exact) mass is 539 g/mol. The summed E-state index contributed by atoms with van der Waals surface area (Å²) in [5.41, 5.74) is 1.79. The molecule has 8 heteroatoms. The van der Waals surface area contributed by atoms with E-state index < -0.39 is 0 Å². The van der Waals surface area contributed by atoms with Gasteiger partial charge in [-0.05, 0) is 37.5 Å². The van der Waals surface area contributed by atoms with Crippen LogP contribution >= 0.6 is 24.0 Å². The average molecular weight is 539 g/mol. The quantitative estimate of drug-likeness (QED) is 0.272. The van der Waals surface area contributed by atoms with Crippen LogP contribution in [0.4, 0.5) is 5.69 Å². The van der Waals surface area contributed by atoms with Gasteiger partial charge >= 0.3 is 0 Å². The van der Waals surface area contributed by atoms with Gasteiger partial charge in [-0.2, -0.15) is 0 Å². The Balaban J connectivity index is 0.00000341. The molecular weight excluding hydrogens is 505 g/mol. The summed E-state index contributed by atoms with van der Waals surface area (Å²) >= 11 is 0. The lowest BCUT2D eigenvalue weighted by atomic mass is 9.85. The summed E-state index contributed by atoms with van der Waals surface area (Å²) in [5, 5.41) is 9.52. The van der Waals surface area contributed by atoms with Crippen LogP contribution in [0.25, 0.3) is 0 Å². The van der Waals surface area contributed by atoms with E-state index in [4.69, 9.17) is 4.42 Å². The number of hydrogen-bond donors (Lipinski definition) is 3. The number of halogens is 1. The second-order valence-electron chi connectivity index (χ2n) is 8.73. The highest BCUT2D eigenvalue weighted by molar-refractivity contribution is 14.0. The molecule has 0 spiro atoms. The van der Waals surface area contributed by atoms with Gasteiger partial charge in [-0.3, -0.25) is 4.79 Å². The number of benzene rings is 1. The standard InChI is InChI=1S/C23H33N5O2.HI/c1-5-24-22(27-15-20-25-14-19(30-20)23(2,3)4)26-13-16-8-6-11-18(12-16)28-21(29)17-9-7-10-17;/h6,8,11-12,14,17H,5,7,9-10,13,15H2,1-4H3,(H,28,29)(H2,24,26,27);1H. The Kier molecular flexibility index (Phi) is 9.33. The minimum Gasteiger partial charge on any atom is -0.443 e. The first-order valence-electron chi connectivity index (χ1n) is 10.7. The predicted octanol–water partition coefficient (Wildman–Crippen LogP) is 4.58. The molecule has 0 saturated heterocycles. The highest BCUT2D eigenvalue weighted by atomic mass is 127. The van der Waals surface area contributed by atoms with E-state index in [0.717, 1.165) is 42.8 Å². The molecule has 1 aromatic heterocycles. The van der Waals surface area contributed by atoms with Crippen molar-refractivity contribution < 1.29 is 9.21 Å². The first-order valence-corrected chi connectivity index (χ1v) is 10.7. The Morgan fingerprint density at radius 3 is 2.65 bits per heavy atom. The lowest BCUT2D eigenvalue weighted by molar-refractivity contribution is -0.122. The Bertz CT molecular complexity index is 884. The van der Waals surface area contributed by atoms with Crippen molar-refractivity contribution in [3.8, 4) is 0 Å². The minimum atomic E-state index is -0.0666. The third-order valence-corrected chi connectivity index (χ3v) is 5.13. The molecule has 3 rings (SSSR count). The van der Waals surface area contributed by atoms with E-state index in [-0.39, 0.29) is 41.2 Å². The van der Waals surface area contributed by atoms with Crippen LogP contribution < -0.4 is 16.0 Å². The van der Waals surface area contributed by atoms with Crippen molar-refractivity contribution in [1.82, 2.24) is 15.6 Å². The Labute approximate surface area is 201 Å². The number of aromatic nitrogens is 1. The Morgan fingerprint density at radius 2 is 2.03 bits per heavy atom. The Morgan fingerprint density at radius 1 is 1.26 bits per heavy atom. The zero-order valence-electron chi connectivity index (χ0n) is 18.8. The van der Waals surface area contributed by atoms with Gasteiger partial charge in [0.05, 0.1) is 19.3 Å². The lowest BCUT2D eigenvalue weighted by Crippen LogP contribution is -2.36. The summed E-state index contributed by atoms with van der Waals surface area (Å²) in [4.78, 5) is 21.2. The molecule has 7 nitrogen and oxygen atoms in total. The fourth-order valence-electron chi connectivity index (χ4n) is 3.07. The van der Waals surface area contributed by atoms with Crippen LogP contribution in [-0.2, 0) is 23.3 Å². The molecule has 1 aliphatic rings. The number of aliphatic imine (C=N–C) groups is 1. The van der Waals surface area contributed by atoms with Gasteiger partial charge < -0.3 is 20.4 Å². The number of amides is 1. The van der Waals surface area contributed by atoms with Gasteiger partial charge in [-0.15, -0.1) is 24.0 Å². The normalized spacial score (nSPS) is 14.4. The summed E-state index contributed by atoms with van der Waals surface area (Å²) < 4.78 is 5.83. The van der Waals surface area contributed by atoms with Gasteiger partial charge in [-0.1, -0.05) is 39.3 Å². The van der Waals surface area contributed by atoms with Crippen molar-refractivity contribution in [2.75, 3.05) is 11.9 Å².